The van der Waals surface area contributed by atoms with Gasteiger partial charge >= 0.3 is 0 Å². The molecule has 0 saturated carbocycles. The Morgan fingerprint density at radius 3 is 2.53 bits per heavy atom. The third-order valence-electron chi connectivity index (χ3n) is 5.66. The topological polar surface area (TPSA) is 50.5 Å². The standard InChI is InChI=1S/C27H25N3O2S2/c1-3-31-20-11-9-19(10-12-20)30-26(25(29-27(30)33)22-6-4-5-17-28-22)23-15-16-24(32-23)34-21-13-7-18(2)8-14-21/h4-17,25-26H,3H2,1-2H3,(H,29,33)/t25-,26+/m1/s1. The van der Waals surface area contributed by atoms with Crippen LogP contribution in [0.3, 0.4) is 0 Å². The quantitative estimate of drug-likeness (QED) is 0.291. The number of nitrogens with one attached hydrogen (secondary N) is 1. The molecule has 1 saturated heterocycles. The Morgan fingerprint density at radius 1 is 1.03 bits per heavy atom. The van der Waals surface area contributed by atoms with Gasteiger partial charge in [-0.15, -0.1) is 0 Å². The predicted octanol–water partition coefficient (Wildman–Crippen LogP) is 6.71. The van der Waals surface area contributed by atoms with Crippen LogP contribution in [0, 0.1) is 6.92 Å². The number of thiocarbonyl (C=S) groups is 1. The summed E-state index contributed by atoms with van der Waals surface area (Å²) in [7, 11) is 0. The lowest BCUT2D eigenvalue weighted by Gasteiger charge is -2.26. The average molecular weight is 488 g/mol. The van der Waals surface area contributed by atoms with E-state index in [9.17, 15) is 0 Å². The number of aromatic nitrogens is 1. The second-order valence-electron chi connectivity index (χ2n) is 8.00. The van der Waals surface area contributed by atoms with Crippen LogP contribution < -0.4 is 15.0 Å². The van der Waals surface area contributed by atoms with E-state index in [0.717, 1.165) is 32.9 Å². The number of benzene rings is 2. The monoisotopic (exact) mass is 487 g/mol. The summed E-state index contributed by atoms with van der Waals surface area (Å²) in [4.78, 5) is 7.84. The van der Waals surface area contributed by atoms with Crippen LogP contribution in [0.1, 0.15) is 36.0 Å². The predicted molar refractivity (Wildman–Crippen MR) is 140 cm³/mol. The van der Waals surface area contributed by atoms with Crippen LogP contribution in [0.25, 0.3) is 0 Å². The molecule has 7 heteroatoms. The number of hydrogen-bond donors (Lipinski definition) is 1. The molecule has 0 spiro atoms. The minimum Gasteiger partial charge on any atom is -0.494 e. The van der Waals surface area contributed by atoms with E-state index in [1.54, 1.807) is 18.0 Å². The van der Waals surface area contributed by atoms with Crippen molar-refractivity contribution in [3.63, 3.8) is 0 Å². The number of hydrogen-bond acceptors (Lipinski definition) is 5. The van der Waals surface area contributed by atoms with Crippen molar-refractivity contribution in [2.45, 2.75) is 35.9 Å². The molecule has 2 atom stereocenters. The van der Waals surface area contributed by atoms with Gasteiger partial charge in [-0.1, -0.05) is 35.5 Å². The molecule has 0 bridgehead atoms. The highest BCUT2D eigenvalue weighted by Crippen LogP contribution is 2.43. The molecule has 5 rings (SSSR count). The first-order chi connectivity index (χ1) is 16.6. The maximum absolute atomic E-state index is 6.39. The Hall–Kier alpha value is -3.29. The Labute approximate surface area is 209 Å². The Morgan fingerprint density at radius 2 is 1.82 bits per heavy atom. The van der Waals surface area contributed by atoms with Crippen LogP contribution >= 0.6 is 24.0 Å². The van der Waals surface area contributed by atoms with E-state index in [-0.39, 0.29) is 12.1 Å². The maximum Gasteiger partial charge on any atom is 0.174 e. The van der Waals surface area contributed by atoms with Gasteiger partial charge in [0.15, 0.2) is 10.2 Å². The van der Waals surface area contributed by atoms with Gasteiger partial charge in [0.1, 0.15) is 17.6 Å². The molecule has 2 aromatic heterocycles. The summed E-state index contributed by atoms with van der Waals surface area (Å²) in [5.74, 6) is 1.66. The molecule has 3 heterocycles. The first-order valence-electron chi connectivity index (χ1n) is 11.2. The number of anilines is 1. The fourth-order valence-electron chi connectivity index (χ4n) is 4.06. The van der Waals surface area contributed by atoms with Crippen molar-refractivity contribution < 1.29 is 9.15 Å². The molecule has 1 N–H and O–H groups in total. The SMILES string of the molecule is CCOc1ccc(N2C(=S)N[C@H](c3ccccn3)[C@@H]2c2ccc(Sc3ccc(C)cc3)o2)cc1. The highest BCUT2D eigenvalue weighted by Gasteiger charge is 2.42. The van der Waals surface area contributed by atoms with Crippen molar-refractivity contribution in [2.24, 2.45) is 0 Å². The molecule has 5 nitrogen and oxygen atoms in total. The van der Waals surface area contributed by atoms with Crippen LogP contribution in [0.4, 0.5) is 5.69 Å². The fraction of sp³-hybridized carbons (Fsp3) is 0.185. The maximum atomic E-state index is 6.39. The molecular weight excluding hydrogens is 462 g/mol. The van der Waals surface area contributed by atoms with Gasteiger partial charge in [0.2, 0.25) is 0 Å². The summed E-state index contributed by atoms with van der Waals surface area (Å²) in [6.45, 7) is 4.69. The van der Waals surface area contributed by atoms with Gasteiger partial charge in [-0.05, 0) is 86.7 Å². The average Bonchev–Trinajstić information content (AvgIpc) is 3.46. The summed E-state index contributed by atoms with van der Waals surface area (Å²) in [6, 6.07) is 26.1. The van der Waals surface area contributed by atoms with E-state index in [1.165, 1.54) is 5.56 Å². The van der Waals surface area contributed by atoms with Gasteiger partial charge < -0.3 is 19.4 Å². The summed E-state index contributed by atoms with van der Waals surface area (Å²) in [6.07, 6.45) is 1.80. The van der Waals surface area contributed by atoms with Crippen molar-refractivity contribution in [3.05, 3.63) is 102 Å². The molecule has 2 aromatic carbocycles. The molecule has 4 aromatic rings. The van der Waals surface area contributed by atoms with E-state index >= 15 is 0 Å². The first kappa shape index (κ1) is 22.5. The van der Waals surface area contributed by atoms with Gasteiger partial charge in [0, 0.05) is 16.8 Å². The summed E-state index contributed by atoms with van der Waals surface area (Å²) < 4.78 is 12.0. The number of furan rings is 1. The number of rotatable bonds is 7. The van der Waals surface area contributed by atoms with Crippen molar-refractivity contribution >= 4 is 34.8 Å². The largest absolute Gasteiger partial charge is 0.494 e. The Bertz CT molecular complexity index is 1260. The summed E-state index contributed by atoms with van der Waals surface area (Å²) in [5, 5.41) is 4.94. The van der Waals surface area contributed by atoms with Crippen LogP contribution in [0.15, 0.2) is 99.5 Å². The zero-order valence-electron chi connectivity index (χ0n) is 19.0. The van der Waals surface area contributed by atoms with Gasteiger partial charge in [0.05, 0.1) is 18.3 Å². The van der Waals surface area contributed by atoms with Crippen LogP contribution in [0.5, 0.6) is 5.75 Å². The molecule has 172 valence electrons. The van der Waals surface area contributed by atoms with Gasteiger partial charge in [-0.2, -0.15) is 0 Å². The van der Waals surface area contributed by atoms with Crippen LogP contribution in [-0.4, -0.2) is 16.7 Å². The van der Waals surface area contributed by atoms with E-state index in [0.29, 0.717) is 11.7 Å². The molecule has 0 aliphatic carbocycles. The van der Waals surface area contributed by atoms with Gasteiger partial charge in [0.25, 0.3) is 0 Å². The zero-order valence-corrected chi connectivity index (χ0v) is 20.6. The number of aryl methyl sites for hydroxylation is 1. The normalized spacial score (nSPS) is 17.6. The molecule has 1 aliphatic heterocycles. The minimum atomic E-state index is -0.187. The second kappa shape index (κ2) is 9.91. The molecule has 0 radical (unpaired) electrons. The molecule has 34 heavy (non-hydrogen) atoms. The number of pyridine rings is 1. The summed E-state index contributed by atoms with van der Waals surface area (Å²) >= 11 is 7.40. The lowest BCUT2D eigenvalue weighted by molar-refractivity contribution is 0.340. The minimum absolute atomic E-state index is 0.149. The highest BCUT2D eigenvalue weighted by molar-refractivity contribution is 7.99. The zero-order chi connectivity index (χ0) is 23.5. The highest BCUT2D eigenvalue weighted by atomic mass is 32.2. The molecular formula is C27H25N3O2S2. The van der Waals surface area contributed by atoms with E-state index in [4.69, 9.17) is 21.4 Å². The van der Waals surface area contributed by atoms with Crippen molar-refractivity contribution in [1.82, 2.24) is 10.3 Å². The molecule has 0 unspecified atom stereocenters. The fourth-order valence-corrected chi connectivity index (χ4v) is 5.19. The molecule has 0 amide bonds. The van der Waals surface area contributed by atoms with Crippen LogP contribution in [-0.2, 0) is 0 Å². The van der Waals surface area contributed by atoms with E-state index in [1.807, 2.05) is 61.5 Å². The lowest BCUT2D eigenvalue weighted by atomic mass is 10.0. The van der Waals surface area contributed by atoms with Crippen molar-refractivity contribution in [2.75, 3.05) is 11.5 Å². The third-order valence-corrected chi connectivity index (χ3v) is 6.90. The molecule has 1 aliphatic rings. The van der Waals surface area contributed by atoms with Crippen molar-refractivity contribution in [3.8, 4) is 5.75 Å². The first-order valence-corrected chi connectivity index (χ1v) is 12.4. The van der Waals surface area contributed by atoms with E-state index < -0.39 is 0 Å². The van der Waals surface area contributed by atoms with Gasteiger partial charge in [-0.3, -0.25) is 4.98 Å². The van der Waals surface area contributed by atoms with E-state index in [2.05, 4.69) is 46.4 Å². The summed E-state index contributed by atoms with van der Waals surface area (Å²) in [5.41, 5.74) is 3.11. The Kier molecular flexibility index (Phi) is 6.56. The van der Waals surface area contributed by atoms with Crippen molar-refractivity contribution in [1.29, 1.82) is 0 Å². The Balaban J connectivity index is 1.50. The number of nitrogens with zero attached hydrogens (tertiary/aromatic N) is 2. The third kappa shape index (κ3) is 4.67. The van der Waals surface area contributed by atoms with Gasteiger partial charge in [-0.25, -0.2) is 0 Å². The lowest BCUT2D eigenvalue weighted by Crippen LogP contribution is -2.29. The smallest absolute Gasteiger partial charge is 0.174 e. The second-order valence-corrected chi connectivity index (χ2v) is 9.46. The molecule has 1 fully saturated rings. The number of ether oxygens (including phenoxy) is 1. The van der Waals surface area contributed by atoms with Crippen LogP contribution in [0.2, 0.25) is 0 Å².